The van der Waals surface area contributed by atoms with Gasteiger partial charge in [0, 0.05) is 18.0 Å². The fraction of sp³-hybridized carbons (Fsp3) is 0.188. The standard InChI is InChI=1S/C16H15NS/c18-16-15-9-5-4-8-14(15)13(10-11-17-16)12-6-2-1-3-7-12/h1-9,13H,10-11H2,(H,17,18)/t13-/m0/s1. The van der Waals surface area contributed by atoms with E-state index >= 15 is 0 Å². The molecule has 1 N–H and O–H groups in total. The molecule has 2 aromatic carbocycles. The Bertz CT molecular complexity index is 562. The molecule has 1 atom stereocenters. The van der Waals surface area contributed by atoms with E-state index in [1.54, 1.807) is 0 Å². The molecule has 90 valence electrons. The van der Waals surface area contributed by atoms with Crippen molar-refractivity contribution in [3.63, 3.8) is 0 Å². The van der Waals surface area contributed by atoms with Crippen LogP contribution >= 0.6 is 12.2 Å². The second-order valence-electron chi connectivity index (χ2n) is 4.60. The van der Waals surface area contributed by atoms with Gasteiger partial charge in [0.05, 0.1) is 0 Å². The van der Waals surface area contributed by atoms with Crippen LogP contribution in [0.1, 0.15) is 29.0 Å². The van der Waals surface area contributed by atoms with E-state index in [0.29, 0.717) is 5.92 Å². The summed E-state index contributed by atoms with van der Waals surface area (Å²) in [4.78, 5) is 0.879. The van der Waals surface area contributed by atoms with Crippen molar-refractivity contribution in [3.8, 4) is 0 Å². The SMILES string of the molecule is S=C1NCC[C@@H](c2ccccc2)c2ccccc21. The molecule has 1 heterocycles. The third-order valence-corrected chi connectivity index (χ3v) is 3.87. The van der Waals surface area contributed by atoms with Crippen molar-refractivity contribution in [2.45, 2.75) is 12.3 Å². The lowest BCUT2D eigenvalue weighted by molar-refractivity contribution is 0.708. The van der Waals surface area contributed by atoms with Gasteiger partial charge in [-0.25, -0.2) is 0 Å². The summed E-state index contributed by atoms with van der Waals surface area (Å²) in [5.74, 6) is 0.440. The summed E-state index contributed by atoms with van der Waals surface area (Å²) in [7, 11) is 0. The Kier molecular flexibility index (Phi) is 3.11. The average molecular weight is 253 g/mol. The zero-order valence-corrected chi connectivity index (χ0v) is 10.9. The first kappa shape index (κ1) is 11.4. The maximum atomic E-state index is 5.44. The Morgan fingerprint density at radius 3 is 2.50 bits per heavy atom. The number of hydrogen-bond donors (Lipinski definition) is 1. The third kappa shape index (κ3) is 2.04. The zero-order valence-electron chi connectivity index (χ0n) is 10.1. The predicted octanol–water partition coefficient (Wildman–Crippen LogP) is 3.49. The van der Waals surface area contributed by atoms with Crippen molar-refractivity contribution in [1.82, 2.24) is 5.32 Å². The van der Waals surface area contributed by atoms with Gasteiger partial charge >= 0.3 is 0 Å². The monoisotopic (exact) mass is 253 g/mol. The van der Waals surface area contributed by atoms with Crippen molar-refractivity contribution >= 4 is 17.2 Å². The summed E-state index contributed by atoms with van der Waals surface area (Å²) >= 11 is 5.44. The molecule has 3 rings (SSSR count). The molecule has 1 nitrogen and oxygen atoms in total. The van der Waals surface area contributed by atoms with Gasteiger partial charge in [0.15, 0.2) is 0 Å². The molecule has 0 saturated heterocycles. The van der Waals surface area contributed by atoms with Crippen molar-refractivity contribution in [1.29, 1.82) is 0 Å². The van der Waals surface area contributed by atoms with Gasteiger partial charge in [-0.15, -0.1) is 0 Å². The molecule has 0 bridgehead atoms. The summed E-state index contributed by atoms with van der Waals surface area (Å²) in [5, 5.41) is 3.33. The molecule has 0 amide bonds. The third-order valence-electron chi connectivity index (χ3n) is 3.50. The second kappa shape index (κ2) is 4.91. The summed E-state index contributed by atoms with van der Waals surface area (Å²) in [6, 6.07) is 19.2. The van der Waals surface area contributed by atoms with Gasteiger partial charge in [-0.05, 0) is 17.5 Å². The van der Waals surface area contributed by atoms with Crippen molar-refractivity contribution in [2.75, 3.05) is 6.54 Å². The zero-order chi connectivity index (χ0) is 12.4. The first-order valence-electron chi connectivity index (χ1n) is 6.28. The van der Waals surface area contributed by atoms with Crippen LogP contribution in [0.5, 0.6) is 0 Å². The van der Waals surface area contributed by atoms with Crippen LogP contribution in [0, 0.1) is 0 Å². The van der Waals surface area contributed by atoms with E-state index in [1.165, 1.54) is 16.7 Å². The Hall–Kier alpha value is -1.67. The number of rotatable bonds is 1. The van der Waals surface area contributed by atoms with Crippen LogP contribution in [0.25, 0.3) is 0 Å². The molecule has 1 aliphatic heterocycles. The molecule has 2 heteroatoms. The van der Waals surface area contributed by atoms with Gasteiger partial charge < -0.3 is 5.32 Å². The average Bonchev–Trinajstić information content (AvgIpc) is 2.60. The molecular formula is C16H15NS. The Morgan fingerprint density at radius 1 is 0.944 bits per heavy atom. The molecule has 0 unspecified atom stereocenters. The van der Waals surface area contributed by atoms with Crippen LogP contribution in [-0.2, 0) is 0 Å². The van der Waals surface area contributed by atoms with Gasteiger partial charge in [0.2, 0.25) is 0 Å². The van der Waals surface area contributed by atoms with Gasteiger partial charge in [-0.2, -0.15) is 0 Å². The lowest BCUT2D eigenvalue weighted by Gasteiger charge is -2.17. The molecule has 0 spiro atoms. The van der Waals surface area contributed by atoms with E-state index in [9.17, 15) is 0 Å². The Labute approximate surface area is 113 Å². The van der Waals surface area contributed by atoms with Gasteiger partial charge in [0.25, 0.3) is 0 Å². The molecule has 0 aromatic heterocycles. The van der Waals surface area contributed by atoms with Crippen molar-refractivity contribution in [2.24, 2.45) is 0 Å². The Balaban J connectivity index is 2.11. The lowest BCUT2D eigenvalue weighted by Crippen LogP contribution is -2.21. The molecule has 0 aliphatic carbocycles. The van der Waals surface area contributed by atoms with Gasteiger partial charge in [-0.3, -0.25) is 0 Å². The highest BCUT2D eigenvalue weighted by Crippen LogP contribution is 2.31. The van der Waals surface area contributed by atoms with Crippen LogP contribution in [0.4, 0.5) is 0 Å². The molecule has 0 radical (unpaired) electrons. The number of hydrogen-bond acceptors (Lipinski definition) is 1. The minimum absolute atomic E-state index is 0.440. The second-order valence-corrected chi connectivity index (χ2v) is 5.00. The van der Waals surface area contributed by atoms with E-state index in [4.69, 9.17) is 12.2 Å². The minimum Gasteiger partial charge on any atom is -0.376 e. The predicted molar refractivity (Wildman–Crippen MR) is 79.0 cm³/mol. The van der Waals surface area contributed by atoms with E-state index < -0.39 is 0 Å². The highest BCUT2D eigenvalue weighted by Gasteiger charge is 2.21. The van der Waals surface area contributed by atoms with Gasteiger partial charge in [0.1, 0.15) is 4.99 Å². The van der Waals surface area contributed by atoms with E-state index in [1.807, 2.05) is 0 Å². The first-order chi connectivity index (χ1) is 8.86. The van der Waals surface area contributed by atoms with Crippen LogP contribution in [0.15, 0.2) is 54.6 Å². The molecule has 0 fully saturated rings. The molecule has 2 aromatic rings. The summed E-state index contributed by atoms with van der Waals surface area (Å²) < 4.78 is 0. The molecule has 18 heavy (non-hydrogen) atoms. The number of fused-ring (bicyclic) bond motifs is 1. The van der Waals surface area contributed by atoms with Crippen LogP contribution in [0.3, 0.4) is 0 Å². The summed E-state index contributed by atoms with van der Waals surface area (Å²) in [5.41, 5.74) is 3.90. The summed E-state index contributed by atoms with van der Waals surface area (Å²) in [6.45, 7) is 0.938. The van der Waals surface area contributed by atoms with Crippen LogP contribution in [-0.4, -0.2) is 11.5 Å². The quantitative estimate of drug-likeness (QED) is 0.781. The number of thiocarbonyl (C=S) groups is 1. The molecule has 0 saturated carbocycles. The largest absolute Gasteiger partial charge is 0.376 e. The topological polar surface area (TPSA) is 12.0 Å². The lowest BCUT2D eigenvalue weighted by atomic mass is 9.87. The van der Waals surface area contributed by atoms with Gasteiger partial charge in [-0.1, -0.05) is 66.8 Å². The molecule has 1 aliphatic rings. The number of benzene rings is 2. The molecular weight excluding hydrogens is 238 g/mol. The highest BCUT2D eigenvalue weighted by molar-refractivity contribution is 7.80. The maximum Gasteiger partial charge on any atom is 0.106 e. The number of nitrogens with one attached hydrogen (secondary N) is 1. The van der Waals surface area contributed by atoms with Crippen molar-refractivity contribution < 1.29 is 0 Å². The van der Waals surface area contributed by atoms with E-state index in [0.717, 1.165) is 18.0 Å². The fourth-order valence-electron chi connectivity index (χ4n) is 2.62. The maximum absolute atomic E-state index is 5.44. The fourth-order valence-corrected chi connectivity index (χ4v) is 2.91. The van der Waals surface area contributed by atoms with Crippen LogP contribution in [0.2, 0.25) is 0 Å². The smallest absolute Gasteiger partial charge is 0.106 e. The van der Waals surface area contributed by atoms with Crippen LogP contribution < -0.4 is 5.32 Å². The summed E-state index contributed by atoms with van der Waals surface area (Å²) in [6.07, 6.45) is 1.08. The van der Waals surface area contributed by atoms with Crippen molar-refractivity contribution in [3.05, 3.63) is 71.3 Å². The highest BCUT2D eigenvalue weighted by atomic mass is 32.1. The minimum atomic E-state index is 0.440. The van der Waals surface area contributed by atoms with E-state index in [-0.39, 0.29) is 0 Å². The van der Waals surface area contributed by atoms with E-state index in [2.05, 4.69) is 59.9 Å². The first-order valence-corrected chi connectivity index (χ1v) is 6.69. The Morgan fingerprint density at radius 2 is 1.67 bits per heavy atom. The normalized spacial score (nSPS) is 18.7.